The fraction of sp³-hybridized carbons (Fsp3) is 0.269. The highest BCUT2D eigenvalue weighted by Crippen LogP contribution is 2.37. The maximum Gasteiger partial charge on any atom is 0.275 e. The molecule has 0 atom stereocenters. The lowest BCUT2D eigenvalue weighted by atomic mass is 9.91. The summed E-state index contributed by atoms with van der Waals surface area (Å²) in [6.07, 6.45) is 5.77. The van der Waals surface area contributed by atoms with Gasteiger partial charge in [-0.3, -0.25) is 4.79 Å². The molecule has 0 radical (unpaired) electrons. The van der Waals surface area contributed by atoms with Crippen LogP contribution in [-0.2, 0) is 7.05 Å². The summed E-state index contributed by atoms with van der Waals surface area (Å²) in [7, 11) is 1.63. The van der Waals surface area contributed by atoms with Gasteiger partial charge in [-0.1, -0.05) is 18.2 Å². The van der Waals surface area contributed by atoms with Crippen molar-refractivity contribution in [3.8, 4) is 11.8 Å². The molecule has 0 spiro atoms. The predicted molar refractivity (Wildman–Crippen MR) is 130 cm³/mol. The molecular formula is C26H23N7O. The second kappa shape index (κ2) is 8.49. The van der Waals surface area contributed by atoms with E-state index in [0.717, 1.165) is 18.5 Å². The van der Waals surface area contributed by atoms with Gasteiger partial charge in [-0.2, -0.15) is 10.4 Å². The summed E-state index contributed by atoms with van der Waals surface area (Å²) in [5.74, 6) is 0.339. The lowest BCUT2D eigenvalue weighted by Gasteiger charge is -2.34. The van der Waals surface area contributed by atoms with Crippen LogP contribution in [0.3, 0.4) is 0 Å². The molecule has 1 aliphatic heterocycles. The molecule has 0 N–H and O–H groups in total. The Morgan fingerprint density at radius 3 is 2.65 bits per heavy atom. The summed E-state index contributed by atoms with van der Waals surface area (Å²) in [6, 6.07) is 13.6. The van der Waals surface area contributed by atoms with Crippen LogP contribution >= 0.6 is 0 Å². The smallest absolute Gasteiger partial charge is 0.275 e. The maximum absolute atomic E-state index is 12.9. The SMILES string of the molecule is [C-]#[N+]c1c(N2CCC(c3cnn(-c4ccccc4C)c3)CC2)c2nc(C#N)ccc2n(C)c1=O. The number of benzene rings is 1. The average molecular weight is 450 g/mol. The van der Waals surface area contributed by atoms with E-state index >= 15 is 0 Å². The van der Waals surface area contributed by atoms with Gasteiger partial charge in [-0.05, 0) is 55.0 Å². The number of anilines is 1. The third-order valence-corrected chi connectivity index (χ3v) is 6.66. The highest BCUT2D eigenvalue weighted by molar-refractivity contribution is 5.96. The third-order valence-electron chi connectivity index (χ3n) is 6.66. The fourth-order valence-corrected chi connectivity index (χ4v) is 4.78. The molecule has 3 aromatic heterocycles. The van der Waals surface area contributed by atoms with Crippen LogP contribution in [0.5, 0.6) is 0 Å². The normalized spacial score (nSPS) is 14.2. The molecule has 0 bridgehead atoms. The van der Waals surface area contributed by atoms with Gasteiger partial charge >= 0.3 is 0 Å². The number of aromatic nitrogens is 4. The van der Waals surface area contributed by atoms with E-state index in [1.807, 2.05) is 23.0 Å². The number of piperidine rings is 1. The first-order valence-corrected chi connectivity index (χ1v) is 11.2. The number of rotatable bonds is 3. The van der Waals surface area contributed by atoms with Crippen molar-refractivity contribution in [3.63, 3.8) is 0 Å². The number of nitrogens with zero attached hydrogens (tertiary/aromatic N) is 7. The predicted octanol–water partition coefficient (Wildman–Crippen LogP) is 4.23. The topological polar surface area (TPSA) is 84.1 Å². The van der Waals surface area contributed by atoms with Gasteiger partial charge in [0.05, 0.1) is 29.7 Å². The average Bonchev–Trinajstić information content (AvgIpc) is 3.36. The minimum Gasteiger partial charge on any atom is -0.378 e. The molecule has 8 heteroatoms. The molecule has 0 saturated carbocycles. The Morgan fingerprint density at radius 1 is 1.18 bits per heavy atom. The van der Waals surface area contributed by atoms with Crippen molar-refractivity contribution >= 4 is 22.4 Å². The zero-order chi connectivity index (χ0) is 23.8. The Balaban J connectivity index is 1.46. The summed E-state index contributed by atoms with van der Waals surface area (Å²) in [5, 5.41) is 13.9. The van der Waals surface area contributed by atoms with E-state index in [9.17, 15) is 10.1 Å². The van der Waals surface area contributed by atoms with Crippen LogP contribution in [0.15, 0.2) is 53.6 Å². The zero-order valence-corrected chi connectivity index (χ0v) is 19.1. The van der Waals surface area contributed by atoms with E-state index < -0.39 is 0 Å². The van der Waals surface area contributed by atoms with Crippen molar-refractivity contribution in [2.45, 2.75) is 25.7 Å². The Labute approximate surface area is 197 Å². The molecule has 0 aliphatic carbocycles. The molecule has 0 amide bonds. The Morgan fingerprint density at radius 2 is 1.94 bits per heavy atom. The maximum atomic E-state index is 12.9. The molecule has 168 valence electrons. The van der Waals surface area contributed by atoms with E-state index in [1.54, 1.807) is 19.2 Å². The summed E-state index contributed by atoms with van der Waals surface area (Å²) in [6.45, 7) is 11.1. The summed E-state index contributed by atoms with van der Waals surface area (Å²) >= 11 is 0. The molecule has 0 unspecified atom stereocenters. The van der Waals surface area contributed by atoms with E-state index in [1.165, 1.54) is 15.7 Å². The first kappa shape index (κ1) is 21.4. The molecule has 1 fully saturated rings. The Hall–Kier alpha value is -4.43. The number of hydrogen-bond acceptors (Lipinski definition) is 5. The molecular weight excluding hydrogens is 426 g/mol. The standard InChI is InChI=1S/C26H23N7O/c1-17-6-4-5-7-21(17)33-16-19(15-29-33)18-10-12-32(13-11-18)25-23-22(9-8-20(14-27)30-23)31(3)26(34)24(25)28-2/h4-9,15-16,18H,10-13H2,1,3H3. The van der Waals surface area contributed by atoms with Crippen molar-refractivity contribution in [2.24, 2.45) is 7.05 Å². The first-order chi connectivity index (χ1) is 16.5. The van der Waals surface area contributed by atoms with Crippen LogP contribution in [0, 0.1) is 24.8 Å². The van der Waals surface area contributed by atoms with Crippen LogP contribution < -0.4 is 10.5 Å². The summed E-state index contributed by atoms with van der Waals surface area (Å²) in [4.78, 5) is 23.0. The zero-order valence-electron chi connectivity index (χ0n) is 19.1. The Bertz CT molecular complexity index is 1540. The highest BCUT2D eigenvalue weighted by atomic mass is 16.1. The molecule has 8 nitrogen and oxygen atoms in total. The van der Waals surface area contributed by atoms with Crippen molar-refractivity contribution < 1.29 is 0 Å². The number of para-hydroxylation sites is 1. The van der Waals surface area contributed by atoms with Gasteiger partial charge in [0.15, 0.2) is 0 Å². The van der Waals surface area contributed by atoms with Gasteiger partial charge in [-0.25, -0.2) is 14.5 Å². The second-order valence-corrected chi connectivity index (χ2v) is 8.62. The minimum absolute atomic E-state index is 0.0587. The number of pyridine rings is 2. The van der Waals surface area contributed by atoms with Crippen molar-refractivity contribution in [1.82, 2.24) is 19.3 Å². The van der Waals surface area contributed by atoms with Gasteiger partial charge in [0.25, 0.3) is 11.2 Å². The number of hydrogen-bond donors (Lipinski definition) is 0. The largest absolute Gasteiger partial charge is 0.378 e. The molecule has 4 aromatic rings. The van der Waals surface area contributed by atoms with Gasteiger partial charge in [-0.15, -0.1) is 0 Å². The molecule has 5 rings (SSSR count). The molecule has 4 heterocycles. The lowest BCUT2D eigenvalue weighted by Crippen LogP contribution is -2.34. The van der Waals surface area contributed by atoms with Crippen LogP contribution in [0.1, 0.15) is 35.6 Å². The molecule has 34 heavy (non-hydrogen) atoms. The molecule has 1 aliphatic rings. The van der Waals surface area contributed by atoms with Crippen molar-refractivity contribution in [2.75, 3.05) is 18.0 Å². The minimum atomic E-state index is -0.342. The van der Waals surface area contributed by atoms with E-state index in [-0.39, 0.29) is 16.9 Å². The number of nitriles is 1. The van der Waals surface area contributed by atoms with E-state index in [4.69, 9.17) is 6.57 Å². The van der Waals surface area contributed by atoms with Gasteiger partial charge in [0.1, 0.15) is 17.3 Å². The quantitative estimate of drug-likeness (QED) is 0.437. The van der Waals surface area contributed by atoms with Crippen LogP contribution in [0.4, 0.5) is 11.4 Å². The van der Waals surface area contributed by atoms with Gasteiger partial charge in [0, 0.05) is 26.3 Å². The molecule has 1 aromatic carbocycles. The monoisotopic (exact) mass is 449 g/mol. The highest BCUT2D eigenvalue weighted by Gasteiger charge is 2.27. The summed E-state index contributed by atoms with van der Waals surface area (Å²) in [5.41, 5.74) is 5.09. The van der Waals surface area contributed by atoms with Gasteiger partial charge in [0.2, 0.25) is 0 Å². The third kappa shape index (κ3) is 3.50. The van der Waals surface area contributed by atoms with Crippen molar-refractivity contribution in [3.05, 3.63) is 87.4 Å². The molecule has 1 saturated heterocycles. The number of fused-ring (bicyclic) bond motifs is 1. The van der Waals surface area contributed by atoms with Crippen LogP contribution in [0.2, 0.25) is 0 Å². The summed E-state index contributed by atoms with van der Waals surface area (Å²) < 4.78 is 3.36. The lowest BCUT2D eigenvalue weighted by molar-refractivity contribution is 0.506. The van der Waals surface area contributed by atoms with E-state index in [0.29, 0.717) is 35.7 Å². The second-order valence-electron chi connectivity index (χ2n) is 8.62. The number of aryl methyl sites for hydroxylation is 2. The van der Waals surface area contributed by atoms with Gasteiger partial charge < -0.3 is 9.47 Å². The van der Waals surface area contributed by atoms with E-state index in [2.05, 4.69) is 51.2 Å². The fourth-order valence-electron chi connectivity index (χ4n) is 4.78. The van der Waals surface area contributed by atoms with Crippen molar-refractivity contribution in [1.29, 1.82) is 5.26 Å². The Kier molecular flexibility index (Phi) is 5.35. The van der Waals surface area contributed by atoms with Crippen LogP contribution in [-0.4, -0.2) is 32.4 Å². The first-order valence-electron chi connectivity index (χ1n) is 11.2. The van der Waals surface area contributed by atoms with Crippen LogP contribution in [0.25, 0.3) is 21.6 Å².